The van der Waals surface area contributed by atoms with E-state index >= 15 is 0 Å². The average Bonchev–Trinajstić information content (AvgIpc) is 3.42. The smallest absolute Gasteiger partial charge is 0.242 e. The highest BCUT2D eigenvalue weighted by atomic mass is 35.5. The molecule has 0 spiro atoms. The van der Waals surface area contributed by atoms with Crippen molar-refractivity contribution in [1.82, 2.24) is 19.2 Å². The van der Waals surface area contributed by atoms with Gasteiger partial charge in [-0.25, -0.2) is 0 Å². The maximum atomic E-state index is 12.9. The maximum Gasteiger partial charge on any atom is 0.242 e. The number of benzene rings is 1. The number of nitrogens with zero attached hydrogens (tertiary/aromatic N) is 5. The Hall–Kier alpha value is -2.48. The molecule has 1 aromatic carbocycles. The molecule has 0 N–H and O–H groups in total. The van der Waals surface area contributed by atoms with Gasteiger partial charge in [0.25, 0.3) is 0 Å². The highest BCUT2D eigenvalue weighted by Gasteiger charge is 2.27. The SMILES string of the molecule is Cc1cc(N2CCN(CCn3cccc3)CC2=O)nn1Cc1cc(Cl)ccc1OCC(C)C.Cl. The van der Waals surface area contributed by atoms with Gasteiger partial charge in [-0.15, -0.1) is 12.4 Å². The molecule has 4 rings (SSSR count). The van der Waals surface area contributed by atoms with Crippen LogP contribution in [0.3, 0.4) is 0 Å². The molecular formula is C25H33Cl2N5O2. The number of carbonyl (C=O) groups excluding carboxylic acids is 1. The lowest BCUT2D eigenvalue weighted by Gasteiger charge is -2.33. The molecule has 3 aromatic rings. The Balaban J connectivity index is 0.00000324. The summed E-state index contributed by atoms with van der Waals surface area (Å²) in [6, 6.07) is 11.7. The number of hydrogen-bond acceptors (Lipinski definition) is 4. The van der Waals surface area contributed by atoms with E-state index in [1.54, 1.807) is 4.90 Å². The number of aryl methyl sites for hydroxylation is 1. The zero-order chi connectivity index (χ0) is 23.4. The van der Waals surface area contributed by atoms with Crippen LogP contribution in [0.2, 0.25) is 5.02 Å². The quantitative estimate of drug-likeness (QED) is 0.429. The molecule has 1 saturated heterocycles. The van der Waals surface area contributed by atoms with Crippen LogP contribution < -0.4 is 9.64 Å². The van der Waals surface area contributed by atoms with Gasteiger partial charge >= 0.3 is 0 Å². The number of carbonyl (C=O) groups is 1. The van der Waals surface area contributed by atoms with E-state index in [2.05, 4.69) is 23.3 Å². The minimum absolute atomic E-state index is 0. The van der Waals surface area contributed by atoms with Crippen molar-refractivity contribution >= 4 is 35.7 Å². The Morgan fingerprint density at radius 2 is 1.88 bits per heavy atom. The lowest BCUT2D eigenvalue weighted by Crippen LogP contribution is -2.51. The summed E-state index contributed by atoms with van der Waals surface area (Å²) in [5.41, 5.74) is 1.96. The number of amides is 1. The van der Waals surface area contributed by atoms with Crippen LogP contribution in [0, 0.1) is 12.8 Å². The van der Waals surface area contributed by atoms with Gasteiger partial charge in [0.2, 0.25) is 5.91 Å². The topological polar surface area (TPSA) is 55.5 Å². The second-order valence-electron chi connectivity index (χ2n) is 9.00. The maximum absolute atomic E-state index is 12.9. The van der Waals surface area contributed by atoms with E-state index in [0.29, 0.717) is 43.0 Å². The predicted molar refractivity (Wildman–Crippen MR) is 138 cm³/mol. The average molecular weight is 506 g/mol. The van der Waals surface area contributed by atoms with Gasteiger partial charge in [0, 0.05) is 60.9 Å². The molecule has 0 aliphatic carbocycles. The highest BCUT2D eigenvalue weighted by Crippen LogP contribution is 2.26. The van der Waals surface area contributed by atoms with Crippen molar-refractivity contribution in [2.45, 2.75) is 33.9 Å². The molecular weight excluding hydrogens is 473 g/mol. The summed E-state index contributed by atoms with van der Waals surface area (Å²) >= 11 is 6.26. The van der Waals surface area contributed by atoms with Gasteiger partial charge in [-0.2, -0.15) is 5.10 Å². The highest BCUT2D eigenvalue weighted by molar-refractivity contribution is 6.30. The number of piperazine rings is 1. The molecule has 0 atom stereocenters. The van der Waals surface area contributed by atoms with Gasteiger partial charge in [-0.05, 0) is 43.2 Å². The summed E-state index contributed by atoms with van der Waals surface area (Å²) in [6.07, 6.45) is 4.10. The fourth-order valence-corrected chi connectivity index (χ4v) is 4.14. The predicted octanol–water partition coefficient (Wildman–Crippen LogP) is 4.50. The molecule has 0 saturated carbocycles. The molecule has 1 fully saturated rings. The van der Waals surface area contributed by atoms with Crippen LogP contribution in [0.4, 0.5) is 5.82 Å². The van der Waals surface area contributed by atoms with E-state index in [1.807, 2.05) is 60.4 Å². The van der Waals surface area contributed by atoms with Crippen molar-refractivity contribution in [1.29, 1.82) is 0 Å². The Kier molecular flexibility index (Phi) is 9.05. The normalized spacial score (nSPS) is 14.5. The van der Waals surface area contributed by atoms with Crippen LogP contribution in [-0.2, 0) is 17.9 Å². The van der Waals surface area contributed by atoms with E-state index in [9.17, 15) is 4.79 Å². The minimum Gasteiger partial charge on any atom is -0.493 e. The first-order chi connectivity index (χ1) is 15.9. The molecule has 3 heterocycles. The van der Waals surface area contributed by atoms with E-state index in [-0.39, 0.29) is 18.3 Å². The second-order valence-corrected chi connectivity index (χ2v) is 9.44. The van der Waals surface area contributed by atoms with Crippen LogP contribution in [0.1, 0.15) is 25.1 Å². The third kappa shape index (κ3) is 6.56. The monoisotopic (exact) mass is 505 g/mol. The number of anilines is 1. The summed E-state index contributed by atoms with van der Waals surface area (Å²) in [4.78, 5) is 16.9. The van der Waals surface area contributed by atoms with Crippen LogP contribution >= 0.6 is 24.0 Å². The van der Waals surface area contributed by atoms with E-state index < -0.39 is 0 Å². The zero-order valence-electron chi connectivity index (χ0n) is 20.0. The summed E-state index contributed by atoms with van der Waals surface area (Å²) in [7, 11) is 0. The molecule has 7 nitrogen and oxygen atoms in total. The van der Waals surface area contributed by atoms with Gasteiger partial charge < -0.3 is 9.30 Å². The van der Waals surface area contributed by atoms with Crippen molar-refractivity contribution in [3.63, 3.8) is 0 Å². The molecule has 34 heavy (non-hydrogen) atoms. The molecule has 0 unspecified atom stereocenters. The summed E-state index contributed by atoms with van der Waals surface area (Å²) < 4.78 is 10.0. The number of halogens is 2. The van der Waals surface area contributed by atoms with Crippen molar-refractivity contribution in [2.24, 2.45) is 5.92 Å². The van der Waals surface area contributed by atoms with Crippen LogP contribution in [-0.4, -0.2) is 57.9 Å². The summed E-state index contributed by atoms with van der Waals surface area (Å²) in [6.45, 7) is 11.0. The third-order valence-electron chi connectivity index (χ3n) is 5.80. The van der Waals surface area contributed by atoms with E-state index in [0.717, 1.165) is 36.6 Å². The Morgan fingerprint density at radius 3 is 2.59 bits per heavy atom. The van der Waals surface area contributed by atoms with Gasteiger partial charge in [0.15, 0.2) is 5.82 Å². The molecule has 0 radical (unpaired) electrons. The first kappa shape index (κ1) is 26.1. The van der Waals surface area contributed by atoms with E-state index in [1.165, 1.54) is 0 Å². The summed E-state index contributed by atoms with van der Waals surface area (Å²) in [5.74, 6) is 2.04. The Bertz CT molecular complexity index is 1080. The first-order valence-electron chi connectivity index (χ1n) is 11.5. The minimum atomic E-state index is 0. The number of hydrogen-bond donors (Lipinski definition) is 0. The van der Waals surface area contributed by atoms with Gasteiger partial charge in [-0.3, -0.25) is 19.3 Å². The number of rotatable bonds is 9. The standard InChI is InChI=1S/C25H32ClN5O2.ClH/c1-19(2)18-33-23-7-6-22(26)15-21(23)16-31-20(3)14-24(27-31)30-13-12-29(17-25(30)32)11-10-28-8-4-5-9-28;/h4-9,14-15,19H,10-13,16-18H2,1-3H3;1H. The number of aromatic nitrogens is 3. The van der Waals surface area contributed by atoms with Gasteiger partial charge in [-0.1, -0.05) is 25.4 Å². The van der Waals surface area contributed by atoms with E-state index in [4.69, 9.17) is 21.4 Å². The van der Waals surface area contributed by atoms with Crippen molar-refractivity contribution in [2.75, 3.05) is 37.7 Å². The van der Waals surface area contributed by atoms with Crippen molar-refractivity contribution in [3.05, 3.63) is 65.1 Å². The molecule has 1 aliphatic heterocycles. The molecule has 9 heteroatoms. The second kappa shape index (κ2) is 11.8. The first-order valence-corrected chi connectivity index (χ1v) is 11.9. The molecule has 184 valence electrons. The Morgan fingerprint density at radius 1 is 1.12 bits per heavy atom. The third-order valence-corrected chi connectivity index (χ3v) is 6.04. The van der Waals surface area contributed by atoms with Crippen molar-refractivity contribution < 1.29 is 9.53 Å². The van der Waals surface area contributed by atoms with Gasteiger partial charge in [0.05, 0.1) is 19.7 Å². The van der Waals surface area contributed by atoms with Crippen molar-refractivity contribution in [3.8, 4) is 5.75 Å². The summed E-state index contributed by atoms with van der Waals surface area (Å²) in [5, 5.41) is 5.42. The largest absolute Gasteiger partial charge is 0.493 e. The molecule has 0 bridgehead atoms. The molecule has 2 aromatic heterocycles. The van der Waals surface area contributed by atoms with Gasteiger partial charge in [0.1, 0.15) is 5.75 Å². The van der Waals surface area contributed by atoms with Crippen LogP contribution in [0.5, 0.6) is 5.75 Å². The molecule has 1 amide bonds. The molecule has 1 aliphatic rings. The Labute approximate surface area is 212 Å². The lowest BCUT2D eigenvalue weighted by atomic mass is 10.2. The lowest BCUT2D eigenvalue weighted by molar-refractivity contribution is -0.121. The fourth-order valence-electron chi connectivity index (χ4n) is 3.95. The number of ether oxygens (including phenoxy) is 1. The van der Waals surface area contributed by atoms with Crippen LogP contribution in [0.15, 0.2) is 48.8 Å². The fraction of sp³-hybridized carbons (Fsp3) is 0.440. The zero-order valence-corrected chi connectivity index (χ0v) is 21.6. The van der Waals surface area contributed by atoms with Crippen LogP contribution in [0.25, 0.3) is 0 Å².